The fourth-order valence-corrected chi connectivity index (χ4v) is 5.48. The maximum absolute atomic E-state index is 13.7. The van der Waals surface area contributed by atoms with Crippen LogP contribution in [0.5, 0.6) is 5.75 Å². The summed E-state index contributed by atoms with van der Waals surface area (Å²) >= 11 is 16.5. The van der Waals surface area contributed by atoms with Crippen molar-refractivity contribution < 1.29 is 22.7 Å². The van der Waals surface area contributed by atoms with Crippen molar-refractivity contribution in [3.63, 3.8) is 0 Å². The smallest absolute Gasteiger partial charge is 0.406 e. The van der Waals surface area contributed by atoms with Gasteiger partial charge in [0.05, 0.1) is 5.69 Å². The minimum absolute atomic E-state index is 0.221. The lowest BCUT2D eigenvalue weighted by Gasteiger charge is -2.26. The highest BCUT2D eigenvalue weighted by molar-refractivity contribution is 14.1. The number of anilines is 2. The van der Waals surface area contributed by atoms with Gasteiger partial charge in [0.1, 0.15) is 18.7 Å². The molecule has 5 nitrogen and oxygen atoms in total. The normalized spacial score (nSPS) is 18.2. The van der Waals surface area contributed by atoms with Crippen LogP contribution in [0.4, 0.5) is 24.8 Å². The molecular weight excluding hydrogens is 702 g/mol. The number of benzene rings is 2. The lowest BCUT2D eigenvalue weighted by molar-refractivity contribution is -0.274. The first-order valence-electron chi connectivity index (χ1n) is 8.98. The van der Waals surface area contributed by atoms with E-state index in [0.29, 0.717) is 30.9 Å². The molecule has 1 aliphatic heterocycles. The van der Waals surface area contributed by atoms with Gasteiger partial charge in [-0.1, -0.05) is 35.3 Å². The monoisotopic (exact) mass is 713 g/mol. The Balaban J connectivity index is 1.74. The molecule has 12 heteroatoms. The standard InChI is InChI=1S/C20H12Cl2F3I2N3O2/c1-19(9-10-2-4-14(5-3-10)32-20(23,24)25)17(31)29(13-7-11(21)6-12(22)8-13)18-28-15(26)16(27)30(18)19/h2-8H,9H2,1H3/t19-/m1/s1/i6+1,7+1,8+1,11+1,12+1,13+1. The largest absolute Gasteiger partial charge is 0.573 e. The Morgan fingerprint density at radius 2 is 1.69 bits per heavy atom. The van der Waals surface area contributed by atoms with Gasteiger partial charge in [-0.05, 0) is 88.0 Å². The summed E-state index contributed by atoms with van der Waals surface area (Å²) in [5.41, 5.74) is 0.0553. The summed E-state index contributed by atoms with van der Waals surface area (Å²) in [6, 6.07) is 10.3. The van der Waals surface area contributed by atoms with Gasteiger partial charge in [0.15, 0.2) is 0 Å². The van der Waals surface area contributed by atoms with Crippen LogP contribution in [0.2, 0.25) is 10.0 Å². The zero-order chi connectivity index (χ0) is 23.4. The Labute approximate surface area is 218 Å². The molecule has 0 saturated heterocycles. The molecule has 0 unspecified atom stereocenters. The van der Waals surface area contributed by atoms with Gasteiger partial charge in [-0.3, -0.25) is 9.36 Å². The van der Waals surface area contributed by atoms with Crippen LogP contribution in [-0.4, -0.2) is 21.8 Å². The van der Waals surface area contributed by atoms with Crippen molar-refractivity contribution in [3.05, 3.63) is 65.5 Å². The molecule has 168 valence electrons. The van der Waals surface area contributed by atoms with Gasteiger partial charge in [-0.2, -0.15) is 0 Å². The van der Waals surface area contributed by atoms with Crippen molar-refractivity contribution in [1.29, 1.82) is 0 Å². The van der Waals surface area contributed by atoms with Gasteiger partial charge < -0.3 is 4.74 Å². The minimum Gasteiger partial charge on any atom is -0.406 e. The van der Waals surface area contributed by atoms with Crippen LogP contribution in [-0.2, 0) is 16.8 Å². The second-order valence-electron chi connectivity index (χ2n) is 7.24. The van der Waals surface area contributed by atoms with E-state index in [0.717, 1.165) is 3.70 Å². The summed E-state index contributed by atoms with van der Waals surface area (Å²) in [7, 11) is 0. The van der Waals surface area contributed by atoms with Gasteiger partial charge in [0.2, 0.25) is 5.95 Å². The van der Waals surface area contributed by atoms with Crippen LogP contribution in [0, 0.1) is 7.40 Å². The van der Waals surface area contributed by atoms with Crippen molar-refractivity contribution in [1.82, 2.24) is 9.55 Å². The van der Waals surface area contributed by atoms with Crippen molar-refractivity contribution >= 4 is 85.9 Å². The second-order valence-corrected chi connectivity index (χ2v) is 10.2. The van der Waals surface area contributed by atoms with Gasteiger partial charge in [0.25, 0.3) is 5.91 Å². The number of nitrogens with zero attached hydrogens (tertiary/aromatic N) is 3. The summed E-state index contributed by atoms with van der Waals surface area (Å²) in [5, 5.41) is 0.744. The Kier molecular flexibility index (Phi) is 6.36. The van der Waals surface area contributed by atoms with Crippen molar-refractivity contribution in [2.75, 3.05) is 4.90 Å². The number of fused-ring (bicyclic) bond motifs is 1. The summed E-state index contributed by atoms with van der Waals surface area (Å²) in [5.74, 6) is -0.170. The maximum atomic E-state index is 13.7. The van der Waals surface area contributed by atoms with Crippen LogP contribution in [0.1, 0.15) is 12.5 Å². The molecule has 3 aromatic rings. The fraction of sp³-hybridized carbons (Fsp3) is 0.200. The number of halogens is 7. The van der Waals surface area contributed by atoms with Crippen molar-refractivity contribution in [2.45, 2.75) is 25.2 Å². The molecule has 0 bridgehead atoms. The number of alkyl halides is 3. The van der Waals surface area contributed by atoms with E-state index in [1.54, 1.807) is 25.1 Å². The Bertz CT molecular complexity index is 1200. The average Bonchev–Trinajstić information content (AvgIpc) is 3.06. The molecule has 1 aliphatic rings. The number of hydrogen-bond acceptors (Lipinski definition) is 3. The van der Waals surface area contributed by atoms with Gasteiger partial charge in [-0.25, -0.2) is 9.88 Å². The summed E-state index contributed by atoms with van der Waals surface area (Å²) < 4.78 is 44.6. The predicted molar refractivity (Wildman–Crippen MR) is 132 cm³/mol. The average molecular weight is 714 g/mol. The van der Waals surface area contributed by atoms with E-state index < -0.39 is 11.9 Å². The highest BCUT2D eigenvalue weighted by Crippen LogP contribution is 2.45. The molecule has 32 heavy (non-hydrogen) atoms. The third-order valence-electron chi connectivity index (χ3n) is 4.93. The van der Waals surface area contributed by atoms with E-state index in [1.807, 2.05) is 4.57 Å². The molecule has 1 aromatic heterocycles. The number of imidazole rings is 1. The van der Waals surface area contributed by atoms with Crippen molar-refractivity contribution in [2.24, 2.45) is 0 Å². The zero-order valence-electron chi connectivity index (χ0n) is 16.1. The summed E-state index contributed by atoms with van der Waals surface area (Å²) in [6.07, 6.45) is -4.55. The van der Waals surface area contributed by atoms with Crippen LogP contribution in [0.25, 0.3) is 0 Å². The van der Waals surface area contributed by atoms with Crippen molar-refractivity contribution in [3.8, 4) is 5.75 Å². The Hall–Kier alpha value is -1.25. The summed E-state index contributed by atoms with van der Waals surface area (Å²) in [4.78, 5) is 19.7. The molecule has 0 fully saturated rings. The number of carbonyl (C=O) groups excluding carboxylic acids is 1. The first-order chi connectivity index (χ1) is 14.9. The molecule has 0 spiro atoms. The Morgan fingerprint density at radius 1 is 1.09 bits per heavy atom. The second kappa shape index (κ2) is 8.51. The molecule has 2 aromatic carbocycles. The van der Waals surface area contributed by atoms with E-state index in [2.05, 4.69) is 54.9 Å². The highest BCUT2D eigenvalue weighted by Gasteiger charge is 2.50. The first kappa shape index (κ1) is 23.9. The zero-order valence-corrected chi connectivity index (χ0v) is 21.9. The van der Waals surface area contributed by atoms with Gasteiger partial charge >= 0.3 is 6.36 Å². The van der Waals surface area contributed by atoms with Gasteiger partial charge in [0, 0.05) is 16.5 Å². The topological polar surface area (TPSA) is 47.4 Å². The fourth-order valence-electron chi connectivity index (χ4n) is 3.64. The molecule has 1 amide bonds. The molecular formula is C20H12Cl2F3I2N3O2. The predicted octanol–water partition coefficient (Wildman–Crippen LogP) is 6.93. The van der Waals surface area contributed by atoms with Gasteiger partial charge in [-0.15, -0.1) is 13.2 Å². The van der Waals surface area contributed by atoms with Crippen LogP contribution in [0.15, 0.2) is 42.5 Å². The number of amides is 1. The molecule has 4 rings (SSSR count). The van der Waals surface area contributed by atoms with Crippen LogP contribution < -0.4 is 9.64 Å². The SMILES string of the molecule is C[C@@]1(Cc2ccc(OC(F)(F)F)cc2)C(=O)N([13c]2[13cH][13c](Cl)[13cH][13c](Cl)[13cH]2)c2nc(I)c(I)n21. The van der Waals surface area contributed by atoms with E-state index >= 15 is 0 Å². The third-order valence-corrected chi connectivity index (χ3v) is 8.15. The highest BCUT2D eigenvalue weighted by atomic mass is 127. The third kappa shape index (κ3) is 4.42. The van der Waals surface area contributed by atoms with E-state index in [4.69, 9.17) is 23.2 Å². The maximum Gasteiger partial charge on any atom is 0.573 e. The van der Waals surface area contributed by atoms with E-state index in [1.165, 1.54) is 29.2 Å². The number of carbonyl (C=O) groups is 1. The van der Waals surface area contributed by atoms with E-state index in [9.17, 15) is 18.0 Å². The number of rotatable bonds is 4. The quantitative estimate of drug-likeness (QED) is 0.276. The lowest BCUT2D eigenvalue weighted by atomic mass is 9.92. The lowest BCUT2D eigenvalue weighted by Crippen LogP contribution is -2.41. The van der Waals surface area contributed by atoms with Crippen LogP contribution >= 0.6 is 68.4 Å². The Morgan fingerprint density at radius 3 is 2.25 bits per heavy atom. The minimum atomic E-state index is -4.77. The van der Waals surface area contributed by atoms with E-state index in [-0.39, 0.29) is 18.1 Å². The number of hydrogen-bond donors (Lipinski definition) is 0. The molecule has 0 N–H and O–H groups in total. The number of aromatic nitrogens is 2. The first-order valence-corrected chi connectivity index (χ1v) is 11.9. The molecule has 0 aliphatic carbocycles. The molecule has 1 atom stereocenters. The van der Waals surface area contributed by atoms with Crippen LogP contribution in [0.3, 0.4) is 0 Å². The number of ether oxygens (including phenoxy) is 1. The summed E-state index contributed by atoms with van der Waals surface area (Å²) in [6.45, 7) is 1.77. The molecule has 0 saturated carbocycles. The molecule has 0 radical (unpaired) electrons. The molecule has 2 heterocycles.